The number of halogens is 3. The summed E-state index contributed by atoms with van der Waals surface area (Å²) < 4.78 is 39.5. The fourth-order valence-corrected chi connectivity index (χ4v) is 2.49. The number of nitrogens with one attached hydrogen (secondary N) is 2. The van der Waals surface area contributed by atoms with Crippen LogP contribution in [0.3, 0.4) is 0 Å². The van der Waals surface area contributed by atoms with Gasteiger partial charge in [-0.1, -0.05) is 12.1 Å². The lowest BCUT2D eigenvalue weighted by atomic mass is 9.79. The minimum atomic E-state index is -5.24. The molecule has 2 amide bonds. The van der Waals surface area contributed by atoms with Gasteiger partial charge in [0.25, 0.3) is 0 Å². The van der Waals surface area contributed by atoms with Crippen molar-refractivity contribution in [2.45, 2.75) is 24.9 Å². The van der Waals surface area contributed by atoms with Crippen molar-refractivity contribution in [2.24, 2.45) is 5.92 Å². The third-order valence-corrected chi connectivity index (χ3v) is 3.50. The van der Waals surface area contributed by atoms with E-state index in [0.717, 1.165) is 6.92 Å². The fraction of sp³-hybridized carbons (Fsp3) is 0.385. The normalized spacial score (nSPS) is 28.7. The average molecular weight is 318 g/mol. The Kier molecular flexibility index (Phi) is 3.78. The molecule has 0 spiro atoms. The number of rotatable bonds is 2. The highest BCUT2D eigenvalue weighted by Gasteiger charge is 2.65. The summed E-state index contributed by atoms with van der Waals surface area (Å²) in [5, 5.41) is 22.7. The Labute approximate surface area is 122 Å². The molecule has 1 heterocycles. The van der Waals surface area contributed by atoms with Crippen molar-refractivity contribution in [1.82, 2.24) is 10.6 Å². The number of Topliss-reactive ketones (excluding diaryl/α,β-unsaturated/α-hetero) is 1. The first-order chi connectivity index (χ1) is 10.1. The van der Waals surface area contributed by atoms with Crippen LogP contribution in [0, 0.1) is 5.92 Å². The van der Waals surface area contributed by atoms with Gasteiger partial charge in [0.1, 0.15) is 11.5 Å². The molecule has 1 saturated heterocycles. The van der Waals surface area contributed by atoms with E-state index in [0.29, 0.717) is 0 Å². The molecule has 0 bridgehead atoms. The molecule has 2 rings (SSSR count). The SMILES string of the molecule is CC(=O)[C@H]1[C@H](c2ccc(O)cc2)NC(=O)N[C@]1(O)C(F)(F)F. The maximum absolute atomic E-state index is 13.2. The van der Waals surface area contributed by atoms with Crippen molar-refractivity contribution in [3.05, 3.63) is 29.8 Å². The number of phenols is 1. The van der Waals surface area contributed by atoms with Crippen LogP contribution >= 0.6 is 0 Å². The summed E-state index contributed by atoms with van der Waals surface area (Å²) in [6.45, 7) is 0.897. The predicted octanol–water partition coefficient (Wildman–Crippen LogP) is 1.20. The molecule has 0 aliphatic carbocycles. The van der Waals surface area contributed by atoms with E-state index in [1.807, 2.05) is 0 Å². The van der Waals surface area contributed by atoms with Crippen LogP contribution in [0.4, 0.5) is 18.0 Å². The van der Waals surface area contributed by atoms with E-state index in [9.17, 15) is 33.0 Å². The van der Waals surface area contributed by atoms with Crippen LogP contribution in [0.5, 0.6) is 5.75 Å². The van der Waals surface area contributed by atoms with Crippen LogP contribution < -0.4 is 10.6 Å². The Hall–Kier alpha value is -2.29. The molecular weight excluding hydrogens is 305 g/mol. The summed E-state index contributed by atoms with van der Waals surface area (Å²) in [5.41, 5.74) is -3.53. The van der Waals surface area contributed by atoms with Crippen LogP contribution in [0.25, 0.3) is 0 Å². The molecule has 0 unspecified atom stereocenters. The van der Waals surface area contributed by atoms with Gasteiger partial charge in [-0.15, -0.1) is 0 Å². The van der Waals surface area contributed by atoms with Gasteiger partial charge >= 0.3 is 12.2 Å². The molecule has 1 fully saturated rings. The van der Waals surface area contributed by atoms with Crippen LogP contribution in [0.1, 0.15) is 18.5 Å². The molecule has 3 atom stereocenters. The molecule has 1 aliphatic rings. The van der Waals surface area contributed by atoms with E-state index in [2.05, 4.69) is 5.32 Å². The maximum atomic E-state index is 13.2. The van der Waals surface area contributed by atoms with Gasteiger partial charge in [-0.25, -0.2) is 4.79 Å². The Morgan fingerprint density at radius 3 is 2.27 bits per heavy atom. The van der Waals surface area contributed by atoms with Gasteiger partial charge in [-0.05, 0) is 24.6 Å². The molecule has 0 radical (unpaired) electrons. The number of carbonyl (C=O) groups excluding carboxylic acids is 2. The van der Waals surface area contributed by atoms with Gasteiger partial charge in [0.2, 0.25) is 5.72 Å². The minimum absolute atomic E-state index is 0.130. The van der Waals surface area contributed by atoms with Gasteiger partial charge in [0, 0.05) is 0 Å². The minimum Gasteiger partial charge on any atom is -0.508 e. The summed E-state index contributed by atoms with van der Waals surface area (Å²) in [6.07, 6.45) is -5.24. The third kappa shape index (κ3) is 2.59. The predicted molar refractivity (Wildman–Crippen MR) is 67.7 cm³/mol. The van der Waals surface area contributed by atoms with E-state index in [1.165, 1.54) is 29.6 Å². The highest BCUT2D eigenvalue weighted by atomic mass is 19.4. The second-order valence-electron chi connectivity index (χ2n) is 5.02. The summed E-state index contributed by atoms with van der Waals surface area (Å²) in [7, 11) is 0. The standard InChI is InChI=1S/C13H13F3N2O4/c1-6(19)9-10(7-2-4-8(20)5-3-7)17-11(21)18-12(9,22)13(14,15)16/h2-5,9-10,20,22H,1H3,(H2,17,18,21)/t9-,10-,12+/m0/s1. The average Bonchev–Trinajstić information content (AvgIpc) is 2.36. The smallest absolute Gasteiger partial charge is 0.437 e. The molecule has 120 valence electrons. The Balaban J connectivity index is 2.54. The van der Waals surface area contributed by atoms with Gasteiger partial charge in [0.05, 0.1) is 12.0 Å². The van der Waals surface area contributed by atoms with Crippen LogP contribution in [0.2, 0.25) is 0 Å². The maximum Gasteiger partial charge on any atom is 0.437 e. The highest BCUT2D eigenvalue weighted by molar-refractivity contribution is 5.86. The Morgan fingerprint density at radius 1 is 1.27 bits per heavy atom. The molecule has 1 aromatic carbocycles. The number of hydrogen-bond donors (Lipinski definition) is 4. The topological polar surface area (TPSA) is 98.7 Å². The van der Waals surface area contributed by atoms with Crippen LogP contribution in [-0.2, 0) is 4.79 Å². The number of aliphatic hydroxyl groups is 1. The number of benzene rings is 1. The van der Waals surface area contributed by atoms with Crippen molar-refractivity contribution < 1.29 is 33.0 Å². The van der Waals surface area contributed by atoms with Crippen LogP contribution in [0.15, 0.2) is 24.3 Å². The van der Waals surface area contributed by atoms with E-state index < -0.39 is 35.7 Å². The summed E-state index contributed by atoms with van der Waals surface area (Å²) in [5.74, 6) is -3.06. The van der Waals surface area contributed by atoms with Crippen molar-refractivity contribution in [3.8, 4) is 5.75 Å². The van der Waals surface area contributed by atoms with Crippen molar-refractivity contribution >= 4 is 11.8 Å². The molecule has 9 heteroatoms. The molecule has 1 aliphatic heterocycles. The molecule has 4 N–H and O–H groups in total. The van der Waals surface area contributed by atoms with Crippen molar-refractivity contribution in [2.75, 3.05) is 0 Å². The molecule has 1 aromatic rings. The molecular formula is C13H13F3N2O4. The summed E-state index contributed by atoms with van der Waals surface area (Å²) >= 11 is 0. The van der Waals surface area contributed by atoms with Gasteiger partial charge in [-0.3, -0.25) is 4.79 Å². The highest BCUT2D eigenvalue weighted by Crippen LogP contribution is 2.42. The number of carbonyl (C=O) groups is 2. The van der Waals surface area contributed by atoms with Crippen LogP contribution in [-0.4, -0.2) is 33.9 Å². The third-order valence-electron chi connectivity index (χ3n) is 3.50. The number of phenolic OH excluding ortho intramolecular Hbond substituents is 1. The number of amides is 2. The number of aromatic hydroxyl groups is 1. The Morgan fingerprint density at radius 2 is 1.82 bits per heavy atom. The summed E-state index contributed by atoms with van der Waals surface area (Å²) in [6, 6.07) is 2.28. The monoisotopic (exact) mass is 318 g/mol. The van der Waals surface area contributed by atoms with Crippen molar-refractivity contribution in [1.29, 1.82) is 0 Å². The first kappa shape index (κ1) is 16.1. The fourth-order valence-electron chi connectivity index (χ4n) is 2.49. The number of hydrogen-bond acceptors (Lipinski definition) is 4. The van der Waals surface area contributed by atoms with Gasteiger partial charge in [-0.2, -0.15) is 13.2 Å². The molecule has 0 saturated carbocycles. The van der Waals surface area contributed by atoms with E-state index in [1.54, 1.807) is 0 Å². The second-order valence-corrected chi connectivity index (χ2v) is 5.02. The lowest BCUT2D eigenvalue weighted by molar-refractivity contribution is -0.290. The zero-order chi connectivity index (χ0) is 16.7. The first-order valence-electron chi connectivity index (χ1n) is 6.23. The largest absolute Gasteiger partial charge is 0.508 e. The van der Waals surface area contributed by atoms with Gasteiger partial charge < -0.3 is 20.8 Å². The zero-order valence-electron chi connectivity index (χ0n) is 11.3. The van der Waals surface area contributed by atoms with E-state index in [-0.39, 0.29) is 11.3 Å². The van der Waals surface area contributed by atoms with Crippen molar-refractivity contribution in [3.63, 3.8) is 0 Å². The van der Waals surface area contributed by atoms with Gasteiger partial charge in [0.15, 0.2) is 0 Å². The number of ketones is 1. The lowest BCUT2D eigenvalue weighted by Gasteiger charge is -2.44. The lowest BCUT2D eigenvalue weighted by Crippen LogP contribution is -2.72. The number of alkyl halides is 3. The molecule has 6 nitrogen and oxygen atoms in total. The first-order valence-corrected chi connectivity index (χ1v) is 6.23. The zero-order valence-corrected chi connectivity index (χ0v) is 11.3. The van der Waals surface area contributed by atoms with E-state index >= 15 is 0 Å². The summed E-state index contributed by atoms with van der Waals surface area (Å²) in [4.78, 5) is 23.2. The second kappa shape index (κ2) is 5.16. The molecule has 0 aromatic heterocycles. The number of urea groups is 1. The van der Waals surface area contributed by atoms with E-state index in [4.69, 9.17) is 0 Å². The molecule has 22 heavy (non-hydrogen) atoms. The Bertz CT molecular complexity index is 602. The quantitative estimate of drug-likeness (QED) is 0.658.